The van der Waals surface area contributed by atoms with E-state index in [9.17, 15) is 38.4 Å². The minimum atomic E-state index is -1.22. The highest BCUT2D eigenvalue weighted by Crippen LogP contribution is 2.07. The SMILES string of the molecule is CC/C=C\C/C=C\C/C=C\COC(=O)CCN(CCC(=O)OC/C=C\C/C=C\C/C=C\CC)CCC(=O)OCC1NC(=O)C(COC(=O)CCN(CCC(=O)OC/C=C\C/C=C\C/C=C\CC)CCC(=O)OC/C=C\C/C=C\C/C=C\CC)NC1=O. The van der Waals surface area contributed by atoms with Gasteiger partial charge < -0.3 is 48.9 Å². The van der Waals surface area contributed by atoms with Crippen LogP contribution in [-0.2, 0) is 66.8 Å². The predicted octanol–water partition coefficient (Wildman–Crippen LogP) is 10.6. The number of nitrogens with zero attached hydrogens (tertiary/aromatic N) is 2. The molecule has 0 radical (unpaired) electrons. The molecule has 0 aliphatic carbocycles. The van der Waals surface area contributed by atoms with Gasteiger partial charge >= 0.3 is 35.8 Å². The molecule has 1 heterocycles. The molecule has 0 aromatic heterocycles. The molecule has 0 spiro atoms. The quantitative estimate of drug-likeness (QED) is 0.0328. The Hall–Kier alpha value is -7.44. The van der Waals surface area contributed by atoms with Crippen LogP contribution in [0.5, 0.6) is 0 Å². The zero-order chi connectivity index (χ0) is 62.8. The Balaban J connectivity index is 2.75. The fourth-order valence-corrected chi connectivity index (χ4v) is 7.53. The van der Waals surface area contributed by atoms with Gasteiger partial charge in [0.15, 0.2) is 0 Å². The zero-order valence-corrected chi connectivity index (χ0v) is 51.8. The summed E-state index contributed by atoms with van der Waals surface area (Å²) in [6, 6.07) is -2.45. The van der Waals surface area contributed by atoms with Gasteiger partial charge in [0.05, 0.1) is 38.5 Å². The topological polar surface area (TPSA) is 222 Å². The Bertz CT molecular complexity index is 2030. The van der Waals surface area contributed by atoms with Crippen molar-refractivity contribution in [2.75, 3.05) is 78.9 Å². The Morgan fingerprint density at radius 1 is 0.302 bits per heavy atom. The van der Waals surface area contributed by atoms with Crippen LogP contribution in [0, 0.1) is 0 Å². The van der Waals surface area contributed by atoms with Crippen molar-refractivity contribution < 1.29 is 66.8 Å². The Morgan fingerprint density at radius 3 is 0.698 bits per heavy atom. The first-order chi connectivity index (χ1) is 41.9. The van der Waals surface area contributed by atoms with Crippen LogP contribution in [0.15, 0.2) is 146 Å². The summed E-state index contributed by atoms with van der Waals surface area (Å²) in [5.74, 6) is -4.51. The number of hydrogen-bond acceptors (Lipinski definition) is 16. The van der Waals surface area contributed by atoms with Crippen molar-refractivity contribution in [3.63, 3.8) is 0 Å². The Kier molecular flexibility index (Phi) is 49.4. The molecule has 1 rings (SSSR count). The standard InChI is InChI=1S/C68H100N4O14/c1-5-9-13-17-21-25-29-33-37-53-81-61(73)41-47-71(48-42-62(74)82-54-38-34-30-26-22-18-14-10-6-2)51-45-65(77)85-57-59-67(79)70-60(68(80)69-59)58-86-66(78)46-52-72(49-43-63(75)83-55-39-35-31-27-23-19-15-11-7-3)50-44-64(76)84-56-40-36-32-28-24-20-16-12-8-4/h9-16,21-28,33-40,59-60H,5-8,17-20,29-32,41-58H2,1-4H3,(H,69,80)(H,70,79)/b13-9-,14-10-,15-11-,16-12-,25-21-,26-22-,27-23-,28-24-,37-33-,38-34-,39-35-,40-36-. The lowest BCUT2D eigenvalue weighted by Crippen LogP contribution is -2.64. The first-order valence-electron chi connectivity index (χ1n) is 30.7. The van der Waals surface area contributed by atoms with Crippen molar-refractivity contribution in [1.82, 2.24) is 20.4 Å². The molecule has 2 N–H and O–H groups in total. The fraction of sp³-hybridized carbons (Fsp3) is 0.529. The van der Waals surface area contributed by atoms with E-state index in [4.69, 9.17) is 28.4 Å². The molecule has 1 saturated heterocycles. The highest BCUT2D eigenvalue weighted by molar-refractivity contribution is 5.97. The molecule has 0 aromatic rings. The number of amides is 2. The van der Waals surface area contributed by atoms with Gasteiger partial charge in [0.25, 0.3) is 0 Å². The molecule has 1 aliphatic heterocycles. The van der Waals surface area contributed by atoms with E-state index in [1.54, 1.807) is 34.1 Å². The second kappa shape index (κ2) is 55.4. The molecule has 1 aliphatic rings. The van der Waals surface area contributed by atoms with E-state index in [2.05, 4.69) is 111 Å². The second-order valence-corrected chi connectivity index (χ2v) is 19.6. The van der Waals surface area contributed by atoms with Crippen molar-refractivity contribution >= 4 is 47.6 Å². The van der Waals surface area contributed by atoms with Crippen LogP contribution in [0.2, 0.25) is 0 Å². The molecule has 86 heavy (non-hydrogen) atoms. The summed E-state index contributed by atoms with van der Waals surface area (Å²) >= 11 is 0. The van der Waals surface area contributed by atoms with Gasteiger partial charge in [-0.05, 0) is 77.0 Å². The minimum absolute atomic E-state index is 0.00381. The molecule has 0 bridgehead atoms. The summed E-state index contributed by atoms with van der Waals surface area (Å²) in [5, 5.41) is 5.03. The van der Waals surface area contributed by atoms with Crippen LogP contribution in [-0.4, -0.2) is 148 Å². The average molecular weight is 1200 g/mol. The zero-order valence-electron chi connectivity index (χ0n) is 51.8. The molecule has 1 fully saturated rings. The number of carbonyl (C=O) groups excluding carboxylic acids is 8. The lowest BCUT2D eigenvalue weighted by molar-refractivity contribution is -0.152. The van der Waals surface area contributed by atoms with E-state index >= 15 is 0 Å². The fourth-order valence-electron chi connectivity index (χ4n) is 7.53. The van der Waals surface area contributed by atoms with E-state index in [1.165, 1.54) is 0 Å². The lowest BCUT2D eigenvalue weighted by atomic mass is 10.1. The Labute approximate surface area is 513 Å². The van der Waals surface area contributed by atoms with Gasteiger partial charge in [0.1, 0.15) is 51.7 Å². The number of nitrogens with one attached hydrogen (secondary N) is 2. The van der Waals surface area contributed by atoms with Gasteiger partial charge in [-0.15, -0.1) is 0 Å². The summed E-state index contributed by atoms with van der Waals surface area (Å²) in [6.07, 6.45) is 57.8. The van der Waals surface area contributed by atoms with Gasteiger partial charge in [-0.3, -0.25) is 38.4 Å². The van der Waals surface area contributed by atoms with Gasteiger partial charge in [-0.1, -0.05) is 174 Å². The molecular formula is C68H100N4O14. The Morgan fingerprint density at radius 2 is 0.488 bits per heavy atom. The van der Waals surface area contributed by atoms with Gasteiger partial charge in [0, 0.05) is 39.3 Å². The maximum Gasteiger partial charge on any atom is 0.307 e. The third kappa shape index (κ3) is 46.9. The highest BCUT2D eigenvalue weighted by Gasteiger charge is 2.35. The largest absolute Gasteiger partial charge is 0.463 e. The van der Waals surface area contributed by atoms with Crippen LogP contribution in [0.25, 0.3) is 0 Å². The van der Waals surface area contributed by atoms with Crippen LogP contribution >= 0.6 is 0 Å². The maximum absolute atomic E-state index is 13.1. The molecule has 476 valence electrons. The van der Waals surface area contributed by atoms with E-state index in [-0.39, 0.29) is 104 Å². The van der Waals surface area contributed by atoms with Crippen LogP contribution in [0.4, 0.5) is 0 Å². The number of ether oxygens (including phenoxy) is 6. The van der Waals surface area contributed by atoms with E-state index in [0.29, 0.717) is 25.7 Å². The number of esters is 6. The number of piperazine rings is 1. The second-order valence-electron chi connectivity index (χ2n) is 19.6. The molecule has 2 unspecified atom stereocenters. The van der Waals surface area contributed by atoms with Gasteiger partial charge in [0.2, 0.25) is 11.8 Å². The summed E-state index contributed by atoms with van der Waals surface area (Å²) in [7, 11) is 0. The van der Waals surface area contributed by atoms with Crippen molar-refractivity contribution in [3.8, 4) is 0 Å². The molecular weight excluding hydrogens is 1100 g/mol. The minimum Gasteiger partial charge on any atom is -0.463 e. The summed E-state index contributed by atoms with van der Waals surface area (Å²) in [4.78, 5) is 106. The molecule has 18 nitrogen and oxygen atoms in total. The van der Waals surface area contributed by atoms with Crippen molar-refractivity contribution in [3.05, 3.63) is 146 Å². The van der Waals surface area contributed by atoms with Crippen LogP contribution in [0.3, 0.4) is 0 Å². The van der Waals surface area contributed by atoms with E-state index in [0.717, 1.165) is 51.4 Å². The number of hydrogen-bond donors (Lipinski definition) is 2. The molecule has 2 amide bonds. The van der Waals surface area contributed by atoms with E-state index in [1.807, 2.05) is 48.6 Å². The average Bonchev–Trinajstić information content (AvgIpc) is 3.60. The van der Waals surface area contributed by atoms with Gasteiger partial charge in [-0.2, -0.15) is 0 Å². The lowest BCUT2D eigenvalue weighted by Gasteiger charge is -2.29. The number of rotatable bonds is 50. The molecule has 2 atom stereocenters. The monoisotopic (exact) mass is 1200 g/mol. The summed E-state index contributed by atoms with van der Waals surface area (Å²) in [6.45, 7) is 8.72. The number of allylic oxidation sites excluding steroid dienone is 20. The van der Waals surface area contributed by atoms with Crippen LogP contribution < -0.4 is 10.6 Å². The summed E-state index contributed by atoms with van der Waals surface area (Å²) < 4.78 is 32.2. The van der Waals surface area contributed by atoms with Crippen molar-refractivity contribution in [2.45, 2.75) is 155 Å². The van der Waals surface area contributed by atoms with Crippen molar-refractivity contribution in [1.29, 1.82) is 0 Å². The van der Waals surface area contributed by atoms with Crippen LogP contribution in [0.1, 0.15) is 143 Å². The normalized spacial score (nSPS) is 15.1. The summed E-state index contributed by atoms with van der Waals surface area (Å²) in [5.41, 5.74) is 0. The number of carbonyl (C=O) groups is 8. The third-order valence-corrected chi connectivity index (χ3v) is 12.4. The highest BCUT2D eigenvalue weighted by atomic mass is 16.6. The maximum atomic E-state index is 13.1. The predicted molar refractivity (Wildman–Crippen MR) is 338 cm³/mol. The molecule has 18 heteroatoms. The molecule has 0 aromatic carbocycles. The first kappa shape index (κ1) is 76.6. The van der Waals surface area contributed by atoms with Crippen molar-refractivity contribution in [2.24, 2.45) is 0 Å². The first-order valence-corrected chi connectivity index (χ1v) is 30.7. The third-order valence-electron chi connectivity index (χ3n) is 12.4. The smallest absolute Gasteiger partial charge is 0.307 e. The van der Waals surface area contributed by atoms with E-state index < -0.39 is 72.9 Å². The van der Waals surface area contributed by atoms with Gasteiger partial charge in [-0.25, -0.2) is 0 Å². The molecule has 0 saturated carbocycles.